The van der Waals surface area contributed by atoms with Crippen LogP contribution in [0.4, 0.5) is 0 Å². The Balaban J connectivity index is 1.95. The third-order valence-corrected chi connectivity index (χ3v) is 5.46. The fraction of sp³-hybridized carbons (Fsp3) is 0.176. The van der Waals surface area contributed by atoms with E-state index in [1.807, 2.05) is 31.2 Å². The second-order valence-electron chi connectivity index (χ2n) is 5.33. The molecule has 0 saturated heterocycles. The van der Waals surface area contributed by atoms with Crippen LogP contribution in [-0.4, -0.2) is 5.11 Å². The molecule has 0 saturated carbocycles. The van der Waals surface area contributed by atoms with Crippen molar-refractivity contribution in [3.8, 4) is 0 Å². The van der Waals surface area contributed by atoms with E-state index in [1.165, 1.54) is 4.70 Å². The first kappa shape index (κ1) is 14.9. The molecule has 0 spiro atoms. The zero-order valence-electron chi connectivity index (χ0n) is 11.4. The summed E-state index contributed by atoms with van der Waals surface area (Å²) in [5.41, 5.74) is -0.0650. The van der Waals surface area contributed by atoms with Crippen LogP contribution in [0.25, 0.3) is 10.1 Å². The van der Waals surface area contributed by atoms with Gasteiger partial charge in [-0.15, -0.1) is 11.3 Å². The lowest BCUT2D eigenvalue weighted by Crippen LogP contribution is -2.23. The van der Waals surface area contributed by atoms with Crippen molar-refractivity contribution in [1.82, 2.24) is 0 Å². The number of rotatable bonds is 3. The predicted octanol–water partition coefficient (Wildman–Crippen LogP) is 5.66. The molecule has 0 fully saturated rings. The van der Waals surface area contributed by atoms with Crippen molar-refractivity contribution in [3.63, 3.8) is 0 Å². The second kappa shape index (κ2) is 5.62. The summed E-state index contributed by atoms with van der Waals surface area (Å²) in [6, 6.07) is 15.5. The van der Waals surface area contributed by atoms with E-state index in [2.05, 4.69) is 12.1 Å². The van der Waals surface area contributed by atoms with E-state index in [9.17, 15) is 5.11 Å². The van der Waals surface area contributed by atoms with Crippen LogP contribution < -0.4 is 0 Å². The lowest BCUT2D eigenvalue weighted by atomic mass is 9.94. The Morgan fingerprint density at radius 3 is 2.57 bits per heavy atom. The van der Waals surface area contributed by atoms with Crippen LogP contribution >= 0.6 is 34.5 Å². The van der Waals surface area contributed by atoms with Crippen LogP contribution in [0.5, 0.6) is 0 Å². The van der Waals surface area contributed by atoms with Gasteiger partial charge in [-0.05, 0) is 42.1 Å². The largest absolute Gasteiger partial charge is 0.384 e. The normalized spacial score (nSPS) is 14.3. The summed E-state index contributed by atoms with van der Waals surface area (Å²) < 4.78 is 1.18. The van der Waals surface area contributed by atoms with Crippen LogP contribution in [0, 0.1) is 0 Å². The molecule has 108 valence electrons. The van der Waals surface area contributed by atoms with E-state index in [-0.39, 0.29) is 0 Å². The Morgan fingerprint density at radius 1 is 1.10 bits per heavy atom. The third-order valence-electron chi connectivity index (χ3n) is 3.51. The average molecular weight is 337 g/mol. The van der Waals surface area contributed by atoms with Gasteiger partial charge in [0.1, 0.15) is 5.60 Å². The zero-order chi connectivity index (χ0) is 15.0. The van der Waals surface area contributed by atoms with E-state index in [1.54, 1.807) is 23.5 Å². The number of aliphatic hydroxyl groups is 1. The number of fused-ring (bicyclic) bond motifs is 1. The second-order valence-corrected chi connectivity index (χ2v) is 7.26. The lowest BCUT2D eigenvalue weighted by molar-refractivity contribution is 0.0616. The minimum absolute atomic E-state index is 0.454. The van der Waals surface area contributed by atoms with Crippen molar-refractivity contribution < 1.29 is 5.11 Å². The van der Waals surface area contributed by atoms with Crippen molar-refractivity contribution >= 4 is 44.6 Å². The van der Waals surface area contributed by atoms with Gasteiger partial charge in [0.25, 0.3) is 0 Å². The van der Waals surface area contributed by atoms with E-state index in [4.69, 9.17) is 23.2 Å². The van der Waals surface area contributed by atoms with E-state index in [0.717, 1.165) is 15.8 Å². The molecule has 0 aliphatic heterocycles. The number of hydrogen-bond acceptors (Lipinski definition) is 2. The molecular formula is C17H14Cl2OS. The molecule has 4 heteroatoms. The first-order chi connectivity index (χ1) is 9.95. The Hall–Kier alpha value is -1.06. The number of hydrogen-bond donors (Lipinski definition) is 1. The molecule has 3 rings (SSSR count). The zero-order valence-corrected chi connectivity index (χ0v) is 13.8. The van der Waals surface area contributed by atoms with Crippen LogP contribution in [0.1, 0.15) is 17.4 Å². The standard InChI is InChI=1S/C17H14Cl2OS/c1-17(20,10-12-6-7-13(18)9-14(12)19)16-8-11-4-2-3-5-15(11)21-16/h2-9,20H,10H2,1H3. The lowest BCUT2D eigenvalue weighted by Gasteiger charge is -2.22. The molecule has 0 radical (unpaired) electrons. The molecule has 3 aromatic rings. The first-order valence-electron chi connectivity index (χ1n) is 6.61. The monoisotopic (exact) mass is 336 g/mol. The SMILES string of the molecule is CC(O)(Cc1ccc(Cl)cc1Cl)c1cc2ccccc2s1. The van der Waals surface area contributed by atoms with Crippen molar-refractivity contribution in [2.45, 2.75) is 18.9 Å². The molecule has 1 unspecified atom stereocenters. The van der Waals surface area contributed by atoms with Crippen molar-refractivity contribution in [2.75, 3.05) is 0 Å². The van der Waals surface area contributed by atoms with Gasteiger partial charge in [0.15, 0.2) is 0 Å². The molecule has 1 aromatic heterocycles. The highest BCUT2D eigenvalue weighted by Gasteiger charge is 2.26. The molecule has 0 bridgehead atoms. The summed E-state index contributed by atoms with van der Waals surface area (Å²) >= 11 is 13.7. The summed E-state index contributed by atoms with van der Waals surface area (Å²) in [5, 5.41) is 13.2. The summed E-state index contributed by atoms with van der Waals surface area (Å²) in [6.45, 7) is 1.82. The maximum absolute atomic E-state index is 10.9. The molecule has 21 heavy (non-hydrogen) atoms. The summed E-state index contributed by atoms with van der Waals surface area (Å²) in [6.07, 6.45) is 0.454. The van der Waals surface area contributed by atoms with E-state index >= 15 is 0 Å². The third kappa shape index (κ3) is 3.09. The summed E-state index contributed by atoms with van der Waals surface area (Å²) in [4.78, 5) is 0.940. The summed E-state index contributed by atoms with van der Waals surface area (Å²) in [7, 11) is 0. The van der Waals surface area contributed by atoms with Gasteiger partial charge in [0.05, 0.1) is 0 Å². The van der Waals surface area contributed by atoms with Gasteiger partial charge in [-0.1, -0.05) is 47.5 Å². The highest BCUT2D eigenvalue weighted by molar-refractivity contribution is 7.19. The predicted molar refractivity (Wildman–Crippen MR) is 91.6 cm³/mol. The van der Waals surface area contributed by atoms with Crippen LogP contribution in [0.3, 0.4) is 0 Å². The first-order valence-corrected chi connectivity index (χ1v) is 8.18. The topological polar surface area (TPSA) is 20.2 Å². The minimum atomic E-state index is -0.957. The smallest absolute Gasteiger partial charge is 0.100 e. The molecule has 0 amide bonds. The van der Waals surface area contributed by atoms with Gasteiger partial charge < -0.3 is 5.11 Å². The maximum atomic E-state index is 10.9. The molecule has 1 heterocycles. The van der Waals surface area contributed by atoms with Gasteiger partial charge >= 0.3 is 0 Å². The molecule has 0 aliphatic rings. The molecule has 1 nitrogen and oxygen atoms in total. The van der Waals surface area contributed by atoms with Gasteiger partial charge in [0, 0.05) is 26.0 Å². The quantitative estimate of drug-likeness (QED) is 0.654. The summed E-state index contributed by atoms with van der Waals surface area (Å²) in [5.74, 6) is 0. The van der Waals surface area contributed by atoms with E-state index in [0.29, 0.717) is 16.5 Å². The Morgan fingerprint density at radius 2 is 1.86 bits per heavy atom. The molecule has 1 atom stereocenters. The van der Waals surface area contributed by atoms with Crippen LogP contribution in [-0.2, 0) is 12.0 Å². The Kier molecular flexibility index (Phi) is 3.98. The van der Waals surface area contributed by atoms with Crippen molar-refractivity contribution in [1.29, 1.82) is 0 Å². The number of benzene rings is 2. The maximum Gasteiger partial charge on any atom is 0.100 e. The van der Waals surface area contributed by atoms with E-state index < -0.39 is 5.60 Å². The molecule has 1 N–H and O–H groups in total. The highest BCUT2D eigenvalue weighted by Crippen LogP contribution is 2.36. The highest BCUT2D eigenvalue weighted by atomic mass is 35.5. The molecule has 0 aliphatic carbocycles. The fourth-order valence-corrected chi connectivity index (χ4v) is 3.95. The van der Waals surface area contributed by atoms with Gasteiger partial charge in [-0.25, -0.2) is 0 Å². The van der Waals surface area contributed by atoms with Crippen molar-refractivity contribution in [3.05, 3.63) is 69.0 Å². The van der Waals surface area contributed by atoms with Crippen LogP contribution in [0.15, 0.2) is 48.5 Å². The minimum Gasteiger partial charge on any atom is -0.384 e. The Bertz CT molecular complexity index is 759. The van der Waals surface area contributed by atoms with Crippen LogP contribution in [0.2, 0.25) is 10.0 Å². The number of halogens is 2. The van der Waals surface area contributed by atoms with Gasteiger partial charge in [-0.2, -0.15) is 0 Å². The Labute approximate surface area is 137 Å². The fourth-order valence-electron chi connectivity index (χ4n) is 2.37. The van der Waals surface area contributed by atoms with Gasteiger partial charge in [0.2, 0.25) is 0 Å². The molecular weight excluding hydrogens is 323 g/mol. The van der Waals surface area contributed by atoms with Crippen molar-refractivity contribution in [2.24, 2.45) is 0 Å². The van der Waals surface area contributed by atoms with Gasteiger partial charge in [-0.3, -0.25) is 0 Å². The molecule has 2 aromatic carbocycles. The number of thiophene rings is 1. The average Bonchev–Trinajstić information content (AvgIpc) is 2.87.